The second-order valence-electron chi connectivity index (χ2n) is 13.8. The number of hydrogen-bond donors (Lipinski definition) is 3. The van der Waals surface area contributed by atoms with Crippen molar-refractivity contribution in [3.8, 4) is 6.07 Å². The molecule has 0 amide bonds. The van der Waals surface area contributed by atoms with E-state index >= 15 is 0 Å². The van der Waals surface area contributed by atoms with Gasteiger partial charge in [0, 0.05) is 17.9 Å². The van der Waals surface area contributed by atoms with Gasteiger partial charge in [-0.05, 0) is 86.4 Å². The van der Waals surface area contributed by atoms with E-state index in [1.807, 2.05) is 19.1 Å². The fourth-order valence-corrected chi connectivity index (χ4v) is 8.46. The van der Waals surface area contributed by atoms with Gasteiger partial charge in [-0.25, -0.2) is 0 Å². The lowest BCUT2D eigenvalue weighted by atomic mass is 9.43. The molecule has 0 bridgehead atoms. The molecule has 4 rings (SSSR count). The second-order valence-corrected chi connectivity index (χ2v) is 13.8. The molecule has 0 spiro atoms. The van der Waals surface area contributed by atoms with E-state index in [1.165, 1.54) is 0 Å². The summed E-state index contributed by atoms with van der Waals surface area (Å²) in [7, 11) is 0. The van der Waals surface area contributed by atoms with Crippen LogP contribution in [0.5, 0.6) is 0 Å². The van der Waals surface area contributed by atoms with Gasteiger partial charge in [0.2, 0.25) is 0 Å². The molecule has 7 atom stereocenters. The summed E-state index contributed by atoms with van der Waals surface area (Å²) in [5.41, 5.74) is -0.701. The van der Waals surface area contributed by atoms with Crippen molar-refractivity contribution in [2.75, 3.05) is 6.61 Å². The molecule has 35 heavy (non-hydrogen) atoms. The third-order valence-electron chi connectivity index (χ3n) is 11.1. The summed E-state index contributed by atoms with van der Waals surface area (Å²) < 4.78 is 0. The van der Waals surface area contributed by atoms with Crippen LogP contribution in [0.1, 0.15) is 92.9 Å². The highest BCUT2D eigenvalue weighted by atomic mass is 16.3. The summed E-state index contributed by atoms with van der Waals surface area (Å²) in [4.78, 5) is 12.8. The van der Waals surface area contributed by atoms with Crippen LogP contribution < -0.4 is 0 Å². The number of nitrogens with zero attached hydrogens (tertiary/aromatic N) is 1. The normalized spacial score (nSPS) is 44.4. The van der Waals surface area contributed by atoms with Crippen molar-refractivity contribution < 1.29 is 20.1 Å². The summed E-state index contributed by atoms with van der Waals surface area (Å²) in [6.45, 7) is 12.8. The number of nitriles is 1. The Morgan fingerprint density at radius 3 is 2.29 bits per heavy atom. The lowest BCUT2D eigenvalue weighted by Gasteiger charge is -2.61. The van der Waals surface area contributed by atoms with Crippen LogP contribution in [0.4, 0.5) is 0 Å². The maximum atomic E-state index is 12.8. The van der Waals surface area contributed by atoms with Crippen LogP contribution in [0, 0.1) is 50.7 Å². The molecule has 2 fully saturated rings. The van der Waals surface area contributed by atoms with Crippen LogP contribution in [0.3, 0.4) is 0 Å². The van der Waals surface area contributed by atoms with Gasteiger partial charge in [0.05, 0.1) is 11.2 Å². The summed E-state index contributed by atoms with van der Waals surface area (Å²) in [5.74, 6) is -0.435. The van der Waals surface area contributed by atoms with Gasteiger partial charge in [0.15, 0.2) is 5.78 Å². The minimum atomic E-state index is -1.29. The highest BCUT2D eigenvalue weighted by Gasteiger charge is 2.62. The first-order valence-electron chi connectivity index (χ1n) is 13.6. The summed E-state index contributed by atoms with van der Waals surface area (Å²) in [6.07, 6.45) is 10.0. The molecule has 4 aliphatic rings. The molecule has 0 radical (unpaired) electrons. The molecule has 0 aromatic rings. The third-order valence-corrected chi connectivity index (χ3v) is 11.1. The standard InChI is InChI=1S/C30H45NO4/c1-19-21-7-9-27(4)22(8-10-30(18-32)13-11-26(2,3)12-14-30)29(6,35)24(33)15-23(27)28(21,5)16-20(17-31)25(19)34/h15-16,19,21-22,24,32-33,35H,7-14,18H2,1-6H3/t19-,21-,22-,24+,27-,28-,29-/m0/s1. The molecule has 0 aromatic carbocycles. The molecule has 5 heteroatoms. The zero-order valence-corrected chi connectivity index (χ0v) is 22.5. The first-order chi connectivity index (χ1) is 16.2. The number of aliphatic hydroxyl groups excluding tert-OH is 2. The molecule has 0 aliphatic heterocycles. The Balaban J connectivity index is 1.71. The average molecular weight is 484 g/mol. The number of carbonyl (C=O) groups excluding carboxylic acids is 1. The van der Waals surface area contributed by atoms with Gasteiger partial charge in [0.1, 0.15) is 12.2 Å². The lowest BCUT2D eigenvalue weighted by molar-refractivity contribution is -0.145. The SMILES string of the molecule is C[C@@H]1C(=O)C(C#N)=C[C@]2(C)C3=C[C@@H](O)[C@@](C)(O)[C@@H](CCC4(CO)CCC(C)(C)CC4)[C@]3(C)CC[C@@H]12. The predicted molar refractivity (Wildman–Crippen MR) is 136 cm³/mol. The van der Waals surface area contributed by atoms with Crippen molar-refractivity contribution in [3.63, 3.8) is 0 Å². The van der Waals surface area contributed by atoms with Gasteiger partial charge in [-0.2, -0.15) is 5.26 Å². The van der Waals surface area contributed by atoms with Crippen molar-refractivity contribution >= 4 is 5.78 Å². The second kappa shape index (κ2) is 8.54. The molecule has 5 nitrogen and oxygen atoms in total. The van der Waals surface area contributed by atoms with Crippen LogP contribution >= 0.6 is 0 Å². The minimum absolute atomic E-state index is 0.0756. The van der Waals surface area contributed by atoms with Gasteiger partial charge in [0.25, 0.3) is 0 Å². The number of carbonyl (C=O) groups is 1. The first-order valence-corrected chi connectivity index (χ1v) is 13.6. The van der Waals surface area contributed by atoms with Crippen molar-refractivity contribution in [2.45, 2.75) is 105 Å². The van der Waals surface area contributed by atoms with Crippen LogP contribution in [0.25, 0.3) is 0 Å². The van der Waals surface area contributed by atoms with Gasteiger partial charge >= 0.3 is 0 Å². The van der Waals surface area contributed by atoms with E-state index in [-0.39, 0.29) is 46.5 Å². The molecule has 0 unspecified atom stereocenters. The van der Waals surface area contributed by atoms with Crippen LogP contribution in [0.15, 0.2) is 23.3 Å². The molecule has 4 aliphatic carbocycles. The first kappa shape index (κ1) is 26.6. The van der Waals surface area contributed by atoms with Gasteiger partial charge in [-0.15, -0.1) is 0 Å². The quantitative estimate of drug-likeness (QED) is 0.483. The predicted octanol–water partition coefficient (Wildman–Crippen LogP) is 5.10. The fourth-order valence-electron chi connectivity index (χ4n) is 8.46. The molecule has 3 N–H and O–H groups in total. The fraction of sp³-hybridized carbons (Fsp3) is 0.800. The van der Waals surface area contributed by atoms with Gasteiger partial charge in [-0.1, -0.05) is 52.3 Å². The molecule has 0 aromatic heterocycles. The van der Waals surface area contributed by atoms with Gasteiger partial charge in [-0.3, -0.25) is 4.79 Å². The van der Waals surface area contributed by atoms with Crippen molar-refractivity contribution in [2.24, 2.45) is 39.4 Å². The largest absolute Gasteiger partial charge is 0.396 e. The van der Waals surface area contributed by atoms with Gasteiger partial charge < -0.3 is 15.3 Å². The Morgan fingerprint density at radius 2 is 1.71 bits per heavy atom. The van der Waals surface area contributed by atoms with Crippen molar-refractivity contribution in [3.05, 3.63) is 23.3 Å². The highest BCUT2D eigenvalue weighted by Crippen LogP contribution is 2.65. The topological polar surface area (TPSA) is 102 Å². The minimum Gasteiger partial charge on any atom is -0.396 e. The number of hydrogen-bond acceptors (Lipinski definition) is 5. The number of rotatable bonds is 4. The number of allylic oxidation sites excluding steroid dienone is 3. The third kappa shape index (κ3) is 4.05. The zero-order valence-electron chi connectivity index (χ0n) is 22.5. The number of aliphatic hydroxyl groups is 3. The van der Waals surface area contributed by atoms with E-state index in [1.54, 1.807) is 6.92 Å². The number of ketones is 1. The Bertz CT molecular complexity index is 975. The number of fused-ring (bicyclic) bond motifs is 3. The van der Waals surface area contributed by atoms with E-state index < -0.39 is 17.1 Å². The zero-order chi connectivity index (χ0) is 26.0. The van der Waals surface area contributed by atoms with Crippen molar-refractivity contribution in [1.29, 1.82) is 5.26 Å². The lowest BCUT2D eigenvalue weighted by Crippen LogP contribution is -2.61. The monoisotopic (exact) mass is 483 g/mol. The molecule has 194 valence electrons. The summed E-state index contributed by atoms with van der Waals surface area (Å²) >= 11 is 0. The van der Waals surface area contributed by atoms with E-state index in [2.05, 4.69) is 33.8 Å². The molecule has 2 saturated carbocycles. The molecule has 0 heterocycles. The Kier molecular flexibility index (Phi) is 6.48. The summed E-state index contributed by atoms with van der Waals surface area (Å²) in [6, 6.07) is 2.12. The Labute approximate surface area is 211 Å². The molecule has 0 saturated heterocycles. The smallest absolute Gasteiger partial charge is 0.176 e. The van der Waals surface area contributed by atoms with Crippen LogP contribution in [-0.2, 0) is 4.79 Å². The Hall–Kier alpha value is -1.48. The van der Waals surface area contributed by atoms with Crippen LogP contribution in [-0.4, -0.2) is 39.4 Å². The molecular weight excluding hydrogens is 438 g/mol. The van der Waals surface area contributed by atoms with E-state index in [0.29, 0.717) is 5.41 Å². The highest BCUT2D eigenvalue weighted by molar-refractivity contribution is 6.02. The van der Waals surface area contributed by atoms with E-state index in [0.717, 1.165) is 56.9 Å². The van der Waals surface area contributed by atoms with E-state index in [9.17, 15) is 25.4 Å². The van der Waals surface area contributed by atoms with Crippen LogP contribution in [0.2, 0.25) is 0 Å². The maximum Gasteiger partial charge on any atom is 0.176 e. The summed E-state index contributed by atoms with van der Waals surface area (Å²) in [5, 5.41) is 43.0. The molecular formula is C30H45NO4. The Morgan fingerprint density at radius 1 is 1.09 bits per heavy atom. The average Bonchev–Trinajstić information content (AvgIpc) is 2.79. The number of Topliss-reactive ketones (excluding diaryl/α,β-unsaturated/α-hetero) is 1. The van der Waals surface area contributed by atoms with E-state index in [4.69, 9.17) is 0 Å². The van der Waals surface area contributed by atoms with Crippen molar-refractivity contribution in [1.82, 2.24) is 0 Å². The maximum absolute atomic E-state index is 12.8.